The van der Waals surface area contributed by atoms with Gasteiger partial charge >= 0.3 is 0 Å². The third kappa shape index (κ3) is 6.57. The van der Waals surface area contributed by atoms with Gasteiger partial charge in [0, 0.05) is 26.1 Å². The number of nitrogens with zero attached hydrogens (tertiary/aromatic N) is 1. The van der Waals surface area contributed by atoms with Crippen LogP contribution in [0.1, 0.15) is 57.6 Å². The monoisotopic (exact) mass is 423 g/mol. The van der Waals surface area contributed by atoms with Crippen LogP contribution in [0, 0.1) is 5.41 Å². The Morgan fingerprint density at radius 2 is 1.77 bits per heavy atom. The molecule has 168 valence electrons. The van der Waals surface area contributed by atoms with E-state index in [2.05, 4.69) is 44.2 Å². The second-order valence-corrected chi connectivity index (χ2v) is 9.46. The Bertz CT molecular complexity index is 831. The van der Waals surface area contributed by atoms with Gasteiger partial charge in [-0.05, 0) is 68.2 Å². The number of hydrogen-bond acceptors (Lipinski definition) is 3. The Morgan fingerprint density at radius 3 is 2.39 bits per heavy atom. The van der Waals surface area contributed by atoms with Crippen LogP contribution in [0.25, 0.3) is 0 Å². The van der Waals surface area contributed by atoms with E-state index >= 15 is 0 Å². The van der Waals surface area contributed by atoms with Gasteiger partial charge in [-0.1, -0.05) is 49.4 Å². The van der Waals surface area contributed by atoms with Crippen molar-refractivity contribution in [2.75, 3.05) is 20.3 Å². The molecule has 2 aromatic rings. The molecule has 1 aliphatic rings. The van der Waals surface area contributed by atoms with Gasteiger partial charge in [0.2, 0.25) is 5.91 Å². The summed E-state index contributed by atoms with van der Waals surface area (Å²) in [7, 11) is 1.67. The Hall–Kier alpha value is -2.33. The van der Waals surface area contributed by atoms with E-state index < -0.39 is 0 Å². The molecule has 1 amide bonds. The molecule has 0 N–H and O–H groups in total. The van der Waals surface area contributed by atoms with E-state index in [-0.39, 0.29) is 16.9 Å². The van der Waals surface area contributed by atoms with Crippen molar-refractivity contribution in [2.24, 2.45) is 5.41 Å². The number of benzene rings is 2. The van der Waals surface area contributed by atoms with E-state index in [0.29, 0.717) is 13.0 Å². The van der Waals surface area contributed by atoms with Crippen LogP contribution in [0.5, 0.6) is 5.75 Å². The molecule has 0 aliphatic carbocycles. The van der Waals surface area contributed by atoms with Crippen LogP contribution in [0.3, 0.4) is 0 Å². The van der Waals surface area contributed by atoms with E-state index in [1.54, 1.807) is 7.11 Å². The van der Waals surface area contributed by atoms with Gasteiger partial charge in [0.15, 0.2) is 0 Å². The molecule has 1 unspecified atom stereocenters. The van der Waals surface area contributed by atoms with E-state index in [0.717, 1.165) is 50.1 Å². The van der Waals surface area contributed by atoms with Gasteiger partial charge in [-0.3, -0.25) is 4.79 Å². The lowest BCUT2D eigenvalue weighted by molar-refractivity contribution is -0.133. The maximum Gasteiger partial charge on any atom is 0.222 e. The summed E-state index contributed by atoms with van der Waals surface area (Å²) in [6, 6.07) is 18.8. The lowest BCUT2D eigenvalue weighted by Gasteiger charge is -2.46. The summed E-state index contributed by atoms with van der Waals surface area (Å²) in [4.78, 5) is 14.8. The maximum absolute atomic E-state index is 12.8. The molecule has 0 spiro atoms. The molecule has 2 aromatic carbocycles. The third-order valence-corrected chi connectivity index (χ3v) is 6.45. The quantitative estimate of drug-likeness (QED) is 0.524. The molecule has 0 saturated carbocycles. The lowest BCUT2D eigenvalue weighted by atomic mass is 9.68. The van der Waals surface area contributed by atoms with Crippen LogP contribution >= 0.6 is 0 Å². The molecule has 4 nitrogen and oxygen atoms in total. The highest BCUT2D eigenvalue weighted by Gasteiger charge is 2.41. The van der Waals surface area contributed by atoms with Crippen molar-refractivity contribution >= 4 is 5.91 Å². The zero-order chi connectivity index (χ0) is 22.3. The van der Waals surface area contributed by atoms with Gasteiger partial charge in [0.25, 0.3) is 0 Å². The Balaban J connectivity index is 1.76. The van der Waals surface area contributed by atoms with Crippen molar-refractivity contribution in [1.29, 1.82) is 0 Å². The fourth-order valence-corrected chi connectivity index (χ4v) is 4.91. The summed E-state index contributed by atoms with van der Waals surface area (Å²) in [5.41, 5.74) is 2.49. The average Bonchev–Trinajstić information content (AvgIpc) is 2.76. The van der Waals surface area contributed by atoms with E-state index in [1.807, 2.05) is 36.1 Å². The van der Waals surface area contributed by atoms with Gasteiger partial charge in [0.1, 0.15) is 5.75 Å². The van der Waals surface area contributed by atoms with Crippen molar-refractivity contribution in [2.45, 2.75) is 65.0 Å². The van der Waals surface area contributed by atoms with Crippen LogP contribution in [0.4, 0.5) is 0 Å². The fraction of sp³-hybridized carbons (Fsp3) is 0.519. The van der Waals surface area contributed by atoms with Crippen molar-refractivity contribution in [1.82, 2.24) is 4.90 Å². The molecule has 1 aliphatic heterocycles. The topological polar surface area (TPSA) is 38.8 Å². The minimum absolute atomic E-state index is 0.134. The summed E-state index contributed by atoms with van der Waals surface area (Å²) < 4.78 is 11.3. The van der Waals surface area contributed by atoms with Gasteiger partial charge < -0.3 is 14.4 Å². The van der Waals surface area contributed by atoms with E-state index in [1.165, 1.54) is 5.56 Å². The SMILES string of the molecule is CCC(=O)N(CCC1(Cc2ccccc2)CCOC(C)(C)C1)Cc1ccc(OC)cc1. The second kappa shape index (κ2) is 10.3. The maximum atomic E-state index is 12.8. The zero-order valence-electron chi connectivity index (χ0n) is 19.5. The smallest absolute Gasteiger partial charge is 0.222 e. The summed E-state index contributed by atoms with van der Waals surface area (Å²) in [6.45, 7) is 8.51. The molecule has 0 radical (unpaired) electrons. The fourth-order valence-electron chi connectivity index (χ4n) is 4.91. The zero-order valence-corrected chi connectivity index (χ0v) is 19.5. The van der Waals surface area contributed by atoms with Gasteiger partial charge in [-0.25, -0.2) is 0 Å². The van der Waals surface area contributed by atoms with E-state index in [4.69, 9.17) is 9.47 Å². The standard InChI is InChI=1S/C27H37NO3/c1-5-25(29)28(20-23-11-13-24(30-4)14-12-23)17-15-27(16-18-31-26(2,3)21-27)19-22-9-7-6-8-10-22/h6-14H,5,15-21H2,1-4H3. The molecule has 1 saturated heterocycles. The first-order valence-electron chi connectivity index (χ1n) is 11.4. The number of carbonyl (C=O) groups excluding carboxylic acids is 1. The number of amides is 1. The van der Waals surface area contributed by atoms with Gasteiger partial charge in [0.05, 0.1) is 12.7 Å². The summed E-state index contributed by atoms with van der Waals surface area (Å²) >= 11 is 0. The van der Waals surface area contributed by atoms with Crippen LogP contribution in [-0.4, -0.2) is 36.7 Å². The van der Waals surface area contributed by atoms with Gasteiger partial charge in [-0.2, -0.15) is 0 Å². The van der Waals surface area contributed by atoms with Crippen molar-refractivity contribution in [3.8, 4) is 5.75 Å². The normalized spacial score (nSPS) is 20.3. The molecule has 0 aromatic heterocycles. The van der Waals surface area contributed by atoms with Crippen LogP contribution in [-0.2, 0) is 22.5 Å². The number of ether oxygens (including phenoxy) is 2. The predicted molar refractivity (Wildman–Crippen MR) is 125 cm³/mol. The first-order valence-corrected chi connectivity index (χ1v) is 11.4. The predicted octanol–water partition coefficient (Wildman–Crippen LogP) is 5.64. The lowest BCUT2D eigenvalue weighted by Crippen LogP contribution is -2.44. The molecular formula is C27H37NO3. The number of hydrogen-bond donors (Lipinski definition) is 0. The molecule has 0 bridgehead atoms. The Morgan fingerprint density at radius 1 is 1.06 bits per heavy atom. The third-order valence-electron chi connectivity index (χ3n) is 6.45. The Labute approximate surface area is 187 Å². The number of methoxy groups -OCH3 is 1. The molecule has 1 heterocycles. The highest BCUT2D eigenvalue weighted by atomic mass is 16.5. The minimum Gasteiger partial charge on any atom is -0.497 e. The molecule has 1 atom stereocenters. The summed E-state index contributed by atoms with van der Waals surface area (Å²) in [5, 5.41) is 0. The second-order valence-electron chi connectivity index (χ2n) is 9.46. The first kappa shape index (κ1) is 23.3. The average molecular weight is 424 g/mol. The van der Waals surface area contributed by atoms with Crippen LogP contribution < -0.4 is 4.74 Å². The first-order chi connectivity index (χ1) is 14.8. The van der Waals surface area contributed by atoms with Crippen LogP contribution in [0.2, 0.25) is 0 Å². The number of rotatable bonds is 9. The van der Waals surface area contributed by atoms with Crippen molar-refractivity contribution < 1.29 is 14.3 Å². The molecular weight excluding hydrogens is 386 g/mol. The highest BCUT2D eigenvalue weighted by Crippen LogP contribution is 2.44. The number of carbonyl (C=O) groups is 1. The highest BCUT2D eigenvalue weighted by molar-refractivity contribution is 5.75. The van der Waals surface area contributed by atoms with Crippen molar-refractivity contribution in [3.63, 3.8) is 0 Å². The van der Waals surface area contributed by atoms with Gasteiger partial charge in [-0.15, -0.1) is 0 Å². The van der Waals surface area contributed by atoms with Crippen molar-refractivity contribution in [3.05, 3.63) is 65.7 Å². The van der Waals surface area contributed by atoms with Crippen LogP contribution in [0.15, 0.2) is 54.6 Å². The summed E-state index contributed by atoms with van der Waals surface area (Å²) in [5.74, 6) is 1.04. The molecule has 31 heavy (non-hydrogen) atoms. The van der Waals surface area contributed by atoms with E-state index in [9.17, 15) is 4.79 Å². The summed E-state index contributed by atoms with van der Waals surface area (Å²) in [6.07, 6.45) is 4.57. The molecule has 4 heteroatoms. The minimum atomic E-state index is -0.136. The Kier molecular flexibility index (Phi) is 7.77. The molecule has 1 fully saturated rings. The molecule has 3 rings (SSSR count). The largest absolute Gasteiger partial charge is 0.497 e.